The lowest BCUT2D eigenvalue weighted by atomic mass is 10.2. The number of benzene rings is 3. The highest BCUT2D eigenvalue weighted by Crippen LogP contribution is 2.07. The van der Waals surface area contributed by atoms with E-state index in [9.17, 15) is 18.4 Å². The molecule has 0 aliphatic rings. The first kappa shape index (κ1) is 20.3. The van der Waals surface area contributed by atoms with Gasteiger partial charge in [0.2, 0.25) is 0 Å². The van der Waals surface area contributed by atoms with Gasteiger partial charge in [0.15, 0.2) is 0 Å². The Balaban J connectivity index is 0.000000223. The number of hydrogen-bond acceptors (Lipinski definition) is 3. The maximum atomic E-state index is 12.6. The summed E-state index contributed by atoms with van der Waals surface area (Å²) in [6.45, 7) is 0.219. The Bertz CT molecular complexity index is 880. The van der Waals surface area contributed by atoms with Crippen molar-refractivity contribution in [2.24, 2.45) is 0 Å². The molecule has 0 spiro atoms. The Morgan fingerprint density at radius 3 is 1.70 bits per heavy atom. The van der Waals surface area contributed by atoms with Crippen LogP contribution < -0.4 is 0 Å². The van der Waals surface area contributed by atoms with Crippen LogP contribution >= 0.6 is 11.6 Å². The van der Waals surface area contributed by atoms with Gasteiger partial charge in [-0.05, 0) is 65.7 Å². The number of halogens is 3. The summed E-state index contributed by atoms with van der Waals surface area (Å²) < 4.78 is 29.9. The van der Waals surface area contributed by atoms with Gasteiger partial charge >= 0.3 is 5.97 Å². The molecule has 27 heavy (non-hydrogen) atoms. The van der Waals surface area contributed by atoms with E-state index >= 15 is 0 Å². The standard InChI is InChI=1S/C14H11FO2.C7H4ClFO/c15-13-8-6-12(7-9-13)14(16)17-10-11-4-2-1-3-5-11;8-7(10)5-1-3-6(9)4-2-5/h1-9H,10H2;1-4H. The van der Waals surface area contributed by atoms with Crippen molar-refractivity contribution in [3.8, 4) is 0 Å². The molecule has 0 saturated carbocycles. The first-order valence-corrected chi connectivity index (χ1v) is 8.25. The predicted octanol–water partition coefficient (Wildman–Crippen LogP) is 5.39. The minimum absolute atomic E-state index is 0.219. The van der Waals surface area contributed by atoms with Crippen LogP contribution in [0.1, 0.15) is 26.3 Å². The zero-order valence-electron chi connectivity index (χ0n) is 14.1. The van der Waals surface area contributed by atoms with Gasteiger partial charge in [0.25, 0.3) is 5.24 Å². The summed E-state index contributed by atoms with van der Waals surface area (Å²) in [6.07, 6.45) is 0. The van der Waals surface area contributed by atoms with Crippen molar-refractivity contribution in [2.75, 3.05) is 0 Å². The Morgan fingerprint density at radius 1 is 0.741 bits per heavy atom. The van der Waals surface area contributed by atoms with Gasteiger partial charge in [-0.3, -0.25) is 4.79 Å². The van der Waals surface area contributed by atoms with Crippen LogP contribution in [-0.4, -0.2) is 11.2 Å². The summed E-state index contributed by atoms with van der Waals surface area (Å²) in [6, 6.07) is 19.7. The SMILES string of the molecule is O=C(Cl)c1ccc(F)cc1.O=C(OCc1ccccc1)c1ccc(F)cc1. The lowest BCUT2D eigenvalue weighted by Crippen LogP contribution is -2.05. The molecule has 0 aliphatic heterocycles. The molecule has 0 heterocycles. The van der Waals surface area contributed by atoms with Crippen molar-refractivity contribution in [3.63, 3.8) is 0 Å². The van der Waals surface area contributed by atoms with E-state index in [0.717, 1.165) is 5.56 Å². The van der Waals surface area contributed by atoms with E-state index in [-0.39, 0.29) is 18.2 Å². The number of carbonyl (C=O) groups is 2. The molecule has 3 nitrogen and oxygen atoms in total. The molecular formula is C21H15ClF2O3. The fourth-order valence-electron chi connectivity index (χ4n) is 1.97. The maximum absolute atomic E-state index is 12.6. The molecule has 0 aromatic heterocycles. The van der Waals surface area contributed by atoms with E-state index < -0.39 is 11.2 Å². The number of carbonyl (C=O) groups excluding carboxylic acids is 2. The first-order valence-electron chi connectivity index (χ1n) is 7.87. The fourth-order valence-corrected chi connectivity index (χ4v) is 2.10. The molecule has 3 aromatic carbocycles. The molecule has 138 valence electrons. The Labute approximate surface area is 160 Å². The van der Waals surface area contributed by atoms with Gasteiger partial charge in [-0.2, -0.15) is 0 Å². The van der Waals surface area contributed by atoms with E-state index in [1.807, 2.05) is 30.3 Å². The smallest absolute Gasteiger partial charge is 0.338 e. The third-order valence-electron chi connectivity index (χ3n) is 3.36. The van der Waals surface area contributed by atoms with Crippen LogP contribution in [0, 0.1) is 11.6 Å². The highest BCUT2D eigenvalue weighted by molar-refractivity contribution is 6.67. The van der Waals surface area contributed by atoms with Crippen LogP contribution in [0.5, 0.6) is 0 Å². The van der Waals surface area contributed by atoms with Gasteiger partial charge in [0.05, 0.1) is 5.56 Å². The van der Waals surface area contributed by atoms with Gasteiger partial charge in [-0.25, -0.2) is 13.6 Å². The van der Waals surface area contributed by atoms with E-state index in [2.05, 4.69) is 0 Å². The Kier molecular flexibility index (Phi) is 7.64. The lowest BCUT2D eigenvalue weighted by Gasteiger charge is -2.04. The van der Waals surface area contributed by atoms with E-state index in [4.69, 9.17) is 16.3 Å². The quantitative estimate of drug-likeness (QED) is 0.444. The number of ether oxygens (including phenoxy) is 1. The fraction of sp³-hybridized carbons (Fsp3) is 0.0476. The summed E-state index contributed by atoms with van der Waals surface area (Å²) in [5.41, 5.74) is 1.58. The molecule has 0 radical (unpaired) electrons. The van der Waals surface area contributed by atoms with Crippen LogP contribution in [-0.2, 0) is 11.3 Å². The van der Waals surface area contributed by atoms with E-state index in [1.165, 1.54) is 48.5 Å². The Morgan fingerprint density at radius 2 is 1.22 bits per heavy atom. The van der Waals surface area contributed by atoms with Crippen LogP contribution in [0.4, 0.5) is 8.78 Å². The summed E-state index contributed by atoms with van der Waals surface area (Å²) in [4.78, 5) is 22.0. The maximum Gasteiger partial charge on any atom is 0.338 e. The number of esters is 1. The molecule has 3 rings (SSSR count). The third-order valence-corrected chi connectivity index (χ3v) is 3.58. The van der Waals surface area contributed by atoms with Gasteiger partial charge in [-0.15, -0.1) is 0 Å². The van der Waals surface area contributed by atoms with Crippen molar-refractivity contribution >= 4 is 22.8 Å². The average molecular weight is 389 g/mol. The second kappa shape index (κ2) is 10.2. The molecule has 0 amide bonds. The molecule has 0 aliphatic carbocycles. The Hall–Kier alpha value is -3.05. The van der Waals surface area contributed by atoms with Gasteiger partial charge in [-0.1, -0.05) is 30.3 Å². The molecule has 0 saturated heterocycles. The van der Waals surface area contributed by atoms with Crippen molar-refractivity contribution in [2.45, 2.75) is 6.61 Å². The average Bonchev–Trinajstić information content (AvgIpc) is 2.68. The molecular weight excluding hydrogens is 374 g/mol. The van der Waals surface area contributed by atoms with Crippen LogP contribution in [0.3, 0.4) is 0 Å². The summed E-state index contributed by atoms with van der Waals surface area (Å²) >= 11 is 5.09. The van der Waals surface area contributed by atoms with Crippen molar-refractivity contribution in [3.05, 3.63) is 107 Å². The molecule has 0 fully saturated rings. The van der Waals surface area contributed by atoms with E-state index in [0.29, 0.717) is 11.1 Å². The van der Waals surface area contributed by atoms with E-state index in [1.54, 1.807) is 0 Å². The van der Waals surface area contributed by atoms with Gasteiger partial charge in [0.1, 0.15) is 18.2 Å². The number of rotatable bonds is 4. The molecule has 0 N–H and O–H groups in total. The minimum Gasteiger partial charge on any atom is -0.457 e. The molecule has 3 aromatic rings. The highest BCUT2D eigenvalue weighted by atomic mass is 35.5. The third kappa shape index (κ3) is 6.99. The zero-order valence-corrected chi connectivity index (χ0v) is 14.8. The summed E-state index contributed by atoms with van der Waals surface area (Å²) in [7, 11) is 0. The summed E-state index contributed by atoms with van der Waals surface area (Å²) in [5.74, 6) is -1.19. The molecule has 6 heteroatoms. The second-order valence-corrected chi connectivity index (χ2v) is 5.69. The predicted molar refractivity (Wildman–Crippen MR) is 98.5 cm³/mol. The van der Waals surface area contributed by atoms with Crippen molar-refractivity contribution in [1.29, 1.82) is 0 Å². The van der Waals surface area contributed by atoms with Crippen molar-refractivity contribution < 1.29 is 23.1 Å². The minimum atomic E-state index is -0.569. The molecule has 0 bridgehead atoms. The number of hydrogen-bond donors (Lipinski definition) is 0. The van der Waals surface area contributed by atoms with Crippen molar-refractivity contribution in [1.82, 2.24) is 0 Å². The lowest BCUT2D eigenvalue weighted by molar-refractivity contribution is 0.0472. The van der Waals surface area contributed by atoms with Crippen LogP contribution in [0.2, 0.25) is 0 Å². The molecule has 0 unspecified atom stereocenters. The zero-order chi connectivity index (χ0) is 19.6. The van der Waals surface area contributed by atoms with Crippen LogP contribution in [0.25, 0.3) is 0 Å². The summed E-state index contributed by atoms with van der Waals surface area (Å²) in [5, 5.41) is -0.569. The topological polar surface area (TPSA) is 43.4 Å². The molecule has 0 atom stereocenters. The van der Waals surface area contributed by atoms with Crippen LogP contribution in [0.15, 0.2) is 78.9 Å². The first-order chi connectivity index (χ1) is 13.0. The largest absolute Gasteiger partial charge is 0.457 e. The van der Waals surface area contributed by atoms with Gasteiger partial charge < -0.3 is 4.74 Å². The van der Waals surface area contributed by atoms with Gasteiger partial charge in [0, 0.05) is 5.56 Å². The normalized spacial score (nSPS) is 9.74. The second-order valence-electron chi connectivity index (χ2n) is 5.35. The highest BCUT2D eigenvalue weighted by Gasteiger charge is 2.06. The monoisotopic (exact) mass is 388 g/mol.